The second-order valence-corrected chi connectivity index (χ2v) is 10.7. The van der Waals surface area contributed by atoms with Crippen molar-refractivity contribution in [3.63, 3.8) is 0 Å². The summed E-state index contributed by atoms with van der Waals surface area (Å²) in [4.78, 5) is 23.5. The van der Waals surface area contributed by atoms with Crippen molar-refractivity contribution in [3.05, 3.63) is 6.33 Å². The van der Waals surface area contributed by atoms with Gasteiger partial charge in [0, 0.05) is 7.11 Å². The number of imidazole rings is 1. The minimum Gasteiger partial charge on any atom is -0.476 e. The number of nitrogens with two attached hydrogens (primary N) is 1. The molecule has 2 unspecified atom stereocenters. The van der Waals surface area contributed by atoms with E-state index in [1.807, 2.05) is 6.92 Å². The van der Waals surface area contributed by atoms with Gasteiger partial charge in [-0.3, -0.25) is 13.9 Å². The standard InChI is InChI=1S/C19H30ClN6O7P/c1-7-30-15-13-14(23-18(21)24-15)26(9-22-13)17-19(5,20)12(8-31-17)33-34(28,29-6)25-11(4)16(27)32-10(2)3/h9-12,17H,7-8H2,1-6H3,(H,25,28)(H2,21,23,24)/t11?,12-,17-,19-,34?/m1/s1. The normalized spacial score (nSPS) is 25.4. The highest BCUT2D eigenvalue weighted by molar-refractivity contribution is 7.51. The van der Waals surface area contributed by atoms with Crippen molar-refractivity contribution in [1.82, 2.24) is 24.6 Å². The summed E-state index contributed by atoms with van der Waals surface area (Å²) in [5.41, 5.74) is 6.58. The topological polar surface area (TPSA) is 162 Å². The number of halogens is 1. The molecule has 0 radical (unpaired) electrons. The number of fused-ring (bicyclic) bond motifs is 1. The molecule has 190 valence electrons. The zero-order valence-electron chi connectivity index (χ0n) is 19.9. The Kier molecular flexibility index (Phi) is 8.06. The first-order valence-electron chi connectivity index (χ1n) is 10.7. The molecule has 2 aromatic rings. The number of hydrogen-bond acceptors (Lipinski definition) is 11. The Hall–Kier alpha value is -2.02. The lowest BCUT2D eigenvalue weighted by atomic mass is 10.1. The van der Waals surface area contributed by atoms with E-state index in [4.69, 9.17) is 40.6 Å². The molecule has 5 atom stereocenters. The number of rotatable bonds is 10. The summed E-state index contributed by atoms with van der Waals surface area (Å²) in [6.45, 7) is 8.72. The molecule has 0 amide bonds. The van der Waals surface area contributed by atoms with E-state index in [2.05, 4.69) is 20.0 Å². The van der Waals surface area contributed by atoms with Gasteiger partial charge in [-0.05, 0) is 34.6 Å². The molecule has 0 spiro atoms. The van der Waals surface area contributed by atoms with E-state index in [1.54, 1.807) is 25.3 Å². The van der Waals surface area contributed by atoms with Crippen LogP contribution in [0.3, 0.4) is 0 Å². The second-order valence-electron chi connectivity index (χ2n) is 8.09. The molecule has 13 nitrogen and oxygen atoms in total. The summed E-state index contributed by atoms with van der Waals surface area (Å²) in [7, 11) is -2.76. The van der Waals surface area contributed by atoms with E-state index < -0.39 is 37.0 Å². The average Bonchev–Trinajstić information content (AvgIpc) is 3.27. The van der Waals surface area contributed by atoms with Crippen LogP contribution >= 0.6 is 19.3 Å². The maximum atomic E-state index is 13.2. The van der Waals surface area contributed by atoms with E-state index in [0.717, 1.165) is 0 Å². The van der Waals surface area contributed by atoms with Gasteiger partial charge in [-0.1, -0.05) is 0 Å². The molecule has 3 heterocycles. The van der Waals surface area contributed by atoms with Crippen molar-refractivity contribution in [2.24, 2.45) is 0 Å². The SMILES string of the molecule is CCOc1nc(N)nc2c1ncn2[C@@H]1OC[C@@H](OP(=O)(NC(C)C(=O)OC(C)C)OC)[C@@]1(C)Cl. The quantitative estimate of drug-likeness (QED) is 0.267. The van der Waals surface area contributed by atoms with E-state index in [0.29, 0.717) is 17.8 Å². The van der Waals surface area contributed by atoms with Crippen LogP contribution in [0.2, 0.25) is 0 Å². The van der Waals surface area contributed by atoms with Gasteiger partial charge in [0.05, 0.1) is 25.6 Å². The van der Waals surface area contributed by atoms with Crippen LogP contribution in [0.15, 0.2) is 6.33 Å². The predicted octanol–water partition coefficient (Wildman–Crippen LogP) is 2.40. The molecular formula is C19H30ClN6O7P. The molecule has 1 saturated heterocycles. The molecule has 0 saturated carbocycles. The molecule has 3 rings (SSSR count). The van der Waals surface area contributed by atoms with Gasteiger partial charge in [0.1, 0.15) is 17.0 Å². The van der Waals surface area contributed by atoms with Gasteiger partial charge in [-0.2, -0.15) is 9.97 Å². The number of alkyl halides is 1. The summed E-state index contributed by atoms with van der Waals surface area (Å²) in [6, 6.07) is -0.956. The zero-order valence-corrected chi connectivity index (χ0v) is 21.5. The summed E-state index contributed by atoms with van der Waals surface area (Å²) in [5, 5.41) is 2.57. The number of nitrogens with zero attached hydrogens (tertiary/aromatic N) is 4. The highest BCUT2D eigenvalue weighted by atomic mass is 35.5. The van der Waals surface area contributed by atoms with E-state index in [1.165, 1.54) is 20.4 Å². The van der Waals surface area contributed by atoms with Crippen LogP contribution in [0.4, 0.5) is 5.95 Å². The minimum atomic E-state index is -3.96. The third-order valence-corrected chi connectivity index (χ3v) is 7.17. The Labute approximate surface area is 202 Å². The molecule has 0 bridgehead atoms. The molecule has 1 aliphatic heterocycles. The molecule has 15 heteroatoms. The van der Waals surface area contributed by atoms with Crippen molar-refractivity contribution in [2.45, 2.75) is 64.0 Å². The number of carbonyl (C=O) groups is 1. The molecular weight excluding hydrogens is 491 g/mol. The van der Waals surface area contributed by atoms with Crippen LogP contribution < -0.4 is 15.6 Å². The van der Waals surface area contributed by atoms with Gasteiger partial charge in [-0.25, -0.2) is 14.6 Å². The second kappa shape index (κ2) is 10.3. The van der Waals surface area contributed by atoms with Crippen LogP contribution in [-0.4, -0.2) is 68.9 Å². The van der Waals surface area contributed by atoms with Crippen molar-refractivity contribution in [2.75, 3.05) is 26.1 Å². The van der Waals surface area contributed by atoms with Crippen molar-refractivity contribution < 1.29 is 32.6 Å². The Morgan fingerprint density at radius 3 is 2.76 bits per heavy atom. The first-order chi connectivity index (χ1) is 15.9. The lowest BCUT2D eigenvalue weighted by Gasteiger charge is -2.31. The summed E-state index contributed by atoms with van der Waals surface area (Å²) in [5.74, 6) is -0.367. The maximum absolute atomic E-state index is 13.2. The number of nitrogens with one attached hydrogen (secondary N) is 1. The zero-order chi connectivity index (χ0) is 25.3. The van der Waals surface area contributed by atoms with Crippen molar-refractivity contribution in [1.29, 1.82) is 0 Å². The van der Waals surface area contributed by atoms with Gasteiger partial charge in [0.2, 0.25) is 11.8 Å². The largest absolute Gasteiger partial charge is 0.476 e. The Morgan fingerprint density at radius 2 is 2.15 bits per heavy atom. The molecule has 34 heavy (non-hydrogen) atoms. The Bertz CT molecular complexity index is 1080. The van der Waals surface area contributed by atoms with Crippen molar-refractivity contribution in [3.8, 4) is 5.88 Å². The monoisotopic (exact) mass is 520 g/mol. The van der Waals surface area contributed by atoms with Crippen LogP contribution in [0.1, 0.15) is 40.8 Å². The van der Waals surface area contributed by atoms with Crippen molar-refractivity contribution >= 4 is 42.4 Å². The number of hydrogen-bond donors (Lipinski definition) is 2. The number of ether oxygens (including phenoxy) is 3. The predicted molar refractivity (Wildman–Crippen MR) is 123 cm³/mol. The highest BCUT2D eigenvalue weighted by Gasteiger charge is 2.52. The number of nitrogen functional groups attached to an aromatic ring is 1. The Morgan fingerprint density at radius 1 is 1.44 bits per heavy atom. The smallest absolute Gasteiger partial charge is 0.406 e. The lowest BCUT2D eigenvalue weighted by molar-refractivity contribution is -0.149. The average molecular weight is 521 g/mol. The number of aromatic nitrogens is 4. The Balaban J connectivity index is 1.83. The molecule has 0 aromatic carbocycles. The van der Waals surface area contributed by atoms with Crippen LogP contribution in [0.25, 0.3) is 11.2 Å². The van der Waals surface area contributed by atoms with Gasteiger partial charge < -0.3 is 24.5 Å². The number of anilines is 1. The molecule has 0 aliphatic carbocycles. The highest BCUT2D eigenvalue weighted by Crippen LogP contribution is 2.52. The fourth-order valence-electron chi connectivity index (χ4n) is 3.38. The molecule has 2 aromatic heterocycles. The fourth-order valence-corrected chi connectivity index (χ4v) is 5.17. The lowest BCUT2D eigenvalue weighted by Crippen LogP contribution is -2.41. The molecule has 1 aliphatic rings. The van der Waals surface area contributed by atoms with E-state index in [9.17, 15) is 9.36 Å². The van der Waals surface area contributed by atoms with Gasteiger partial charge in [-0.15, -0.1) is 11.6 Å². The summed E-state index contributed by atoms with van der Waals surface area (Å²) >= 11 is 6.86. The summed E-state index contributed by atoms with van der Waals surface area (Å²) < 4.78 is 42.2. The van der Waals surface area contributed by atoms with Gasteiger partial charge in [0.25, 0.3) is 0 Å². The fraction of sp³-hybridized carbons (Fsp3) is 0.684. The van der Waals surface area contributed by atoms with E-state index in [-0.39, 0.29) is 24.5 Å². The van der Waals surface area contributed by atoms with Gasteiger partial charge in [0.15, 0.2) is 17.4 Å². The third-order valence-electron chi connectivity index (χ3n) is 5.02. The first-order valence-corrected chi connectivity index (χ1v) is 12.6. The molecule has 1 fully saturated rings. The first kappa shape index (κ1) is 26.6. The van der Waals surface area contributed by atoms with Crippen LogP contribution in [0.5, 0.6) is 5.88 Å². The van der Waals surface area contributed by atoms with Crippen LogP contribution in [0, 0.1) is 0 Å². The summed E-state index contributed by atoms with van der Waals surface area (Å²) in [6.07, 6.45) is -0.566. The number of esters is 1. The minimum absolute atomic E-state index is 0.00451. The van der Waals surface area contributed by atoms with E-state index >= 15 is 0 Å². The number of carbonyl (C=O) groups excluding carboxylic acids is 1. The van der Waals surface area contributed by atoms with Crippen LogP contribution in [-0.2, 0) is 27.9 Å². The van der Waals surface area contributed by atoms with Gasteiger partial charge >= 0.3 is 13.7 Å². The third kappa shape index (κ3) is 5.45. The molecule has 3 N–H and O–H groups in total. The maximum Gasteiger partial charge on any atom is 0.406 e.